The molecule has 9 heavy (non-hydrogen) atoms. The van der Waals surface area contributed by atoms with Gasteiger partial charge in [-0.05, 0) is 0 Å². The Morgan fingerprint density at radius 2 is 2.33 bits per heavy atom. The molecule has 2 N–H and O–H groups in total. The molecule has 0 atom stereocenters. The molecule has 1 aliphatic rings. The van der Waals surface area contributed by atoms with Crippen molar-refractivity contribution < 1.29 is 9.59 Å². The largest absolute Gasteiger partial charge is 0.364 e. The molecule has 46 valence electrons. The molecule has 0 unspecified atom stereocenters. The number of aliphatic imine (C=N–C) groups is 2. The molecule has 1 heterocycles. The number of amides is 2. The van der Waals surface area contributed by atoms with Crippen molar-refractivity contribution in [2.24, 2.45) is 15.7 Å². The first-order valence-corrected chi connectivity index (χ1v) is 2.16. The molecule has 5 nitrogen and oxygen atoms in total. The lowest BCUT2D eigenvalue weighted by molar-refractivity contribution is -0.115. The van der Waals surface area contributed by atoms with Gasteiger partial charge in [0.15, 0.2) is 5.71 Å². The highest BCUT2D eigenvalue weighted by Crippen LogP contribution is 1.88. The van der Waals surface area contributed by atoms with Crippen molar-refractivity contribution in [3.8, 4) is 0 Å². The zero-order valence-corrected chi connectivity index (χ0v) is 4.37. The van der Waals surface area contributed by atoms with Crippen LogP contribution in [0.3, 0.4) is 0 Å². The van der Waals surface area contributed by atoms with Gasteiger partial charge in [-0.1, -0.05) is 0 Å². The Morgan fingerprint density at radius 3 is 2.56 bits per heavy atom. The van der Waals surface area contributed by atoms with Crippen LogP contribution in [0.2, 0.25) is 0 Å². The lowest BCUT2D eigenvalue weighted by Gasteiger charge is -1.84. The van der Waals surface area contributed by atoms with E-state index >= 15 is 0 Å². The van der Waals surface area contributed by atoms with Gasteiger partial charge in [0.2, 0.25) is 0 Å². The first-order chi connectivity index (χ1) is 4.22. The molecule has 1 aliphatic heterocycles. The summed E-state index contributed by atoms with van der Waals surface area (Å²) in [6, 6.07) is 0. The van der Waals surface area contributed by atoms with Gasteiger partial charge < -0.3 is 5.73 Å². The van der Waals surface area contributed by atoms with E-state index in [2.05, 4.69) is 9.98 Å². The summed E-state index contributed by atoms with van der Waals surface area (Å²) < 4.78 is 0. The van der Waals surface area contributed by atoms with Crippen LogP contribution >= 0.6 is 0 Å². The van der Waals surface area contributed by atoms with E-state index in [9.17, 15) is 9.59 Å². The number of rotatable bonds is 1. The van der Waals surface area contributed by atoms with Crippen LogP contribution in [-0.4, -0.2) is 23.9 Å². The van der Waals surface area contributed by atoms with E-state index in [1.807, 2.05) is 0 Å². The number of nitrogens with two attached hydrogens (primary N) is 1. The fraction of sp³-hybridized carbons (Fsp3) is 0. The predicted molar refractivity (Wildman–Crippen MR) is 30.1 cm³/mol. The number of carbonyl (C=O) groups is 2. The Bertz CT molecular complexity index is 228. The molecule has 0 fully saturated rings. The second kappa shape index (κ2) is 1.77. The highest BCUT2D eigenvalue weighted by atomic mass is 16.2. The minimum Gasteiger partial charge on any atom is -0.364 e. The third kappa shape index (κ3) is 0.835. The third-order valence-electron chi connectivity index (χ3n) is 0.798. The van der Waals surface area contributed by atoms with Gasteiger partial charge in [0, 0.05) is 0 Å². The van der Waals surface area contributed by atoms with Crippen LogP contribution in [0.5, 0.6) is 0 Å². The average molecular weight is 125 g/mol. The first-order valence-electron chi connectivity index (χ1n) is 2.16. The summed E-state index contributed by atoms with van der Waals surface area (Å²) in [6.07, 6.45) is 1.00. The molecular weight excluding hydrogens is 122 g/mol. The maximum Gasteiger partial charge on any atom is 0.302 e. The summed E-state index contributed by atoms with van der Waals surface area (Å²) in [5.74, 6) is -1.50. The lowest BCUT2D eigenvalue weighted by atomic mass is 10.3. The molecule has 0 bridgehead atoms. The molecule has 2 amide bonds. The van der Waals surface area contributed by atoms with Gasteiger partial charge in [-0.25, -0.2) is 4.99 Å². The average Bonchev–Trinajstić information content (AvgIpc) is 2.13. The summed E-state index contributed by atoms with van der Waals surface area (Å²) in [5, 5.41) is 0. The Kier molecular flexibility index (Phi) is 1.11. The van der Waals surface area contributed by atoms with Crippen molar-refractivity contribution in [1.29, 1.82) is 0 Å². The zero-order valence-electron chi connectivity index (χ0n) is 4.37. The molecule has 0 aromatic heterocycles. The van der Waals surface area contributed by atoms with Gasteiger partial charge in [0.05, 0.1) is 0 Å². The maximum absolute atomic E-state index is 10.4. The van der Waals surface area contributed by atoms with E-state index in [1.165, 1.54) is 0 Å². The van der Waals surface area contributed by atoms with Crippen LogP contribution in [0.15, 0.2) is 9.98 Å². The number of carbonyl (C=O) groups excluding carboxylic acids is 2. The van der Waals surface area contributed by atoms with Crippen LogP contribution in [0, 0.1) is 0 Å². The second-order valence-electron chi connectivity index (χ2n) is 1.39. The van der Waals surface area contributed by atoms with Gasteiger partial charge >= 0.3 is 5.91 Å². The SMILES string of the molecule is NC(=O)C1=NC=NC1=O. The molecule has 0 aromatic carbocycles. The molecule has 0 aliphatic carbocycles. The fourth-order valence-corrected chi connectivity index (χ4v) is 0.424. The van der Waals surface area contributed by atoms with Crippen molar-refractivity contribution in [2.45, 2.75) is 0 Å². The van der Waals surface area contributed by atoms with Gasteiger partial charge in [-0.2, -0.15) is 4.99 Å². The van der Waals surface area contributed by atoms with E-state index in [1.54, 1.807) is 0 Å². The van der Waals surface area contributed by atoms with Crippen LogP contribution < -0.4 is 5.73 Å². The van der Waals surface area contributed by atoms with Crippen molar-refractivity contribution in [2.75, 3.05) is 0 Å². The molecule has 1 rings (SSSR count). The predicted octanol–water partition coefficient (Wildman–Crippen LogP) is -1.52. The summed E-state index contributed by atoms with van der Waals surface area (Å²) in [5.41, 5.74) is 4.42. The van der Waals surface area contributed by atoms with E-state index in [4.69, 9.17) is 5.73 Å². The molecule has 5 heteroatoms. The molecule has 0 spiro atoms. The monoisotopic (exact) mass is 125 g/mol. The van der Waals surface area contributed by atoms with Gasteiger partial charge in [-0.15, -0.1) is 0 Å². The maximum atomic E-state index is 10.4. The Morgan fingerprint density at radius 1 is 1.67 bits per heavy atom. The summed E-state index contributed by atoms with van der Waals surface area (Å²) in [6.45, 7) is 0. The van der Waals surface area contributed by atoms with Crippen LogP contribution in [-0.2, 0) is 9.59 Å². The van der Waals surface area contributed by atoms with Gasteiger partial charge in [0.1, 0.15) is 6.34 Å². The van der Waals surface area contributed by atoms with E-state index in [-0.39, 0.29) is 5.71 Å². The van der Waals surface area contributed by atoms with E-state index in [0.717, 1.165) is 6.34 Å². The lowest BCUT2D eigenvalue weighted by Crippen LogP contribution is -2.27. The Balaban J connectivity index is 2.88. The topological polar surface area (TPSA) is 84.9 Å². The number of nitrogens with zero attached hydrogens (tertiary/aromatic N) is 2. The molecular formula is C4H3N3O2. The standard InChI is InChI=1S/C4H3N3O2/c5-3(8)2-4(9)7-1-6-2/h1H,(H2,5,8). The number of hydrogen-bond donors (Lipinski definition) is 1. The molecule has 0 radical (unpaired) electrons. The fourth-order valence-electron chi connectivity index (χ4n) is 0.424. The van der Waals surface area contributed by atoms with Gasteiger partial charge in [-0.3, -0.25) is 9.59 Å². The van der Waals surface area contributed by atoms with Crippen molar-refractivity contribution in [3.05, 3.63) is 0 Å². The molecule has 0 saturated carbocycles. The van der Waals surface area contributed by atoms with E-state index < -0.39 is 11.8 Å². The molecule has 0 aromatic rings. The van der Waals surface area contributed by atoms with Crippen LogP contribution in [0.4, 0.5) is 0 Å². The second-order valence-corrected chi connectivity index (χ2v) is 1.39. The van der Waals surface area contributed by atoms with Gasteiger partial charge in [0.25, 0.3) is 5.91 Å². The van der Waals surface area contributed by atoms with Crippen molar-refractivity contribution >= 4 is 23.9 Å². The highest BCUT2D eigenvalue weighted by molar-refractivity contribution is 6.67. The van der Waals surface area contributed by atoms with Crippen molar-refractivity contribution in [1.82, 2.24) is 0 Å². The minimum absolute atomic E-state index is 0.296. The zero-order chi connectivity index (χ0) is 6.85. The van der Waals surface area contributed by atoms with Crippen LogP contribution in [0.1, 0.15) is 0 Å². The Hall–Kier alpha value is -1.52. The highest BCUT2D eigenvalue weighted by Gasteiger charge is 2.18. The summed E-state index contributed by atoms with van der Waals surface area (Å²) >= 11 is 0. The van der Waals surface area contributed by atoms with E-state index in [0.29, 0.717) is 0 Å². The van der Waals surface area contributed by atoms with Crippen molar-refractivity contribution in [3.63, 3.8) is 0 Å². The quantitative estimate of drug-likeness (QED) is 0.461. The van der Waals surface area contributed by atoms with Crippen LogP contribution in [0.25, 0.3) is 0 Å². The molecule has 0 saturated heterocycles. The normalized spacial score (nSPS) is 16.0. The minimum atomic E-state index is -0.836. The first kappa shape index (κ1) is 5.61. The number of primary amides is 1. The summed E-state index contributed by atoms with van der Waals surface area (Å²) in [7, 11) is 0. The smallest absolute Gasteiger partial charge is 0.302 e. The number of hydrogen-bond acceptors (Lipinski definition) is 3. The third-order valence-corrected chi connectivity index (χ3v) is 0.798. The Labute approximate surface area is 50.3 Å². The summed E-state index contributed by atoms with van der Waals surface area (Å²) in [4.78, 5) is 27.1.